The maximum absolute atomic E-state index is 12.1. The number of aryl methyl sites for hydroxylation is 2. The molecule has 28 heavy (non-hydrogen) atoms. The Kier molecular flexibility index (Phi) is 6.88. The second-order valence-electron chi connectivity index (χ2n) is 5.70. The van der Waals surface area contributed by atoms with Crippen LogP contribution in [0.15, 0.2) is 30.3 Å². The van der Waals surface area contributed by atoms with E-state index in [0.29, 0.717) is 17.8 Å². The molecule has 2 amide bonds. The largest absolute Gasteiger partial charge is 0.462 e. The molecular formula is C17H20N4O6S. The maximum Gasteiger partial charge on any atom is 0.411 e. The van der Waals surface area contributed by atoms with Gasteiger partial charge in [0.15, 0.2) is 5.75 Å². The molecule has 0 unspecified atom stereocenters. The van der Waals surface area contributed by atoms with E-state index in [1.807, 2.05) is 6.92 Å². The molecule has 0 aliphatic rings. The number of hydrogen-bond donors (Lipinski definition) is 2. The van der Waals surface area contributed by atoms with Gasteiger partial charge in [-0.25, -0.2) is 24.3 Å². The summed E-state index contributed by atoms with van der Waals surface area (Å²) in [6, 6.07) is 6.21. The van der Waals surface area contributed by atoms with E-state index in [2.05, 4.69) is 15.3 Å². The third-order valence-electron chi connectivity index (χ3n) is 3.17. The lowest BCUT2D eigenvalue weighted by Crippen LogP contribution is -2.37. The van der Waals surface area contributed by atoms with Crippen LogP contribution in [-0.4, -0.2) is 37.0 Å². The van der Waals surface area contributed by atoms with Crippen LogP contribution in [0.25, 0.3) is 0 Å². The number of para-hydroxylation sites is 1. The molecule has 2 N–H and O–H groups in total. The summed E-state index contributed by atoms with van der Waals surface area (Å²) < 4.78 is 35.8. The molecule has 0 aliphatic heterocycles. The van der Waals surface area contributed by atoms with E-state index in [0.717, 1.165) is 0 Å². The van der Waals surface area contributed by atoms with E-state index in [-0.39, 0.29) is 23.9 Å². The highest BCUT2D eigenvalue weighted by atomic mass is 32.2. The Hall–Kier alpha value is -3.21. The van der Waals surface area contributed by atoms with Gasteiger partial charge in [0.1, 0.15) is 5.56 Å². The fraction of sp³-hybridized carbons (Fsp3) is 0.294. The predicted octanol–water partition coefficient (Wildman–Crippen LogP) is 2.11. The molecule has 1 heterocycles. The molecule has 0 fully saturated rings. The highest BCUT2D eigenvalue weighted by Gasteiger charge is 2.22. The molecule has 1 aromatic carbocycles. The van der Waals surface area contributed by atoms with Gasteiger partial charge in [-0.15, -0.1) is 0 Å². The van der Waals surface area contributed by atoms with Crippen molar-refractivity contribution >= 4 is 28.3 Å². The fourth-order valence-electron chi connectivity index (χ4n) is 2.14. The summed E-state index contributed by atoms with van der Waals surface area (Å²) in [6.45, 7) is 5.40. The summed E-state index contributed by atoms with van der Waals surface area (Å²) in [7, 11) is -4.58. The quantitative estimate of drug-likeness (QED) is 0.665. The number of esters is 1. The first kappa shape index (κ1) is 21.1. The van der Waals surface area contributed by atoms with Crippen molar-refractivity contribution in [3.8, 4) is 5.75 Å². The zero-order valence-electron chi connectivity index (χ0n) is 15.6. The summed E-state index contributed by atoms with van der Waals surface area (Å²) in [6.07, 6.45) is 0.606. The Morgan fingerprint density at radius 1 is 1.11 bits per heavy atom. The molecule has 0 saturated carbocycles. The van der Waals surface area contributed by atoms with Crippen molar-refractivity contribution in [2.45, 2.75) is 27.2 Å². The SMILES string of the molecule is CCCOC(=O)c1ccccc1OS(=O)(=O)NC(=O)Nc1nc(C)cc(C)n1. The van der Waals surface area contributed by atoms with Crippen molar-refractivity contribution in [2.24, 2.45) is 0 Å². The van der Waals surface area contributed by atoms with Crippen molar-refractivity contribution in [2.75, 3.05) is 11.9 Å². The molecule has 0 aliphatic carbocycles. The number of ether oxygens (including phenoxy) is 1. The van der Waals surface area contributed by atoms with Crippen LogP contribution in [0.2, 0.25) is 0 Å². The Morgan fingerprint density at radius 3 is 2.39 bits per heavy atom. The Balaban J connectivity index is 2.09. The number of benzene rings is 1. The number of hydrogen-bond acceptors (Lipinski definition) is 8. The van der Waals surface area contributed by atoms with E-state index >= 15 is 0 Å². The molecule has 10 nitrogen and oxygen atoms in total. The van der Waals surface area contributed by atoms with Crippen LogP contribution >= 0.6 is 0 Å². The lowest BCUT2D eigenvalue weighted by atomic mass is 10.2. The summed E-state index contributed by atoms with van der Waals surface area (Å²) >= 11 is 0. The van der Waals surface area contributed by atoms with Gasteiger partial charge in [-0.05, 0) is 38.5 Å². The van der Waals surface area contributed by atoms with Gasteiger partial charge in [-0.1, -0.05) is 19.1 Å². The Morgan fingerprint density at radius 2 is 1.75 bits per heavy atom. The minimum Gasteiger partial charge on any atom is -0.462 e. The molecule has 2 rings (SSSR count). The third-order valence-corrected chi connectivity index (χ3v) is 4.00. The minimum atomic E-state index is -4.58. The number of anilines is 1. The van der Waals surface area contributed by atoms with Crippen LogP contribution in [0.5, 0.6) is 5.75 Å². The van der Waals surface area contributed by atoms with Crippen LogP contribution in [0.4, 0.5) is 10.7 Å². The summed E-state index contributed by atoms with van der Waals surface area (Å²) in [5.41, 5.74) is 1.11. The van der Waals surface area contributed by atoms with Crippen molar-refractivity contribution in [1.29, 1.82) is 0 Å². The average molecular weight is 408 g/mol. The third kappa shape index (κ3) is 6.20. The van der Waals surface area contributed by atoms with E-state index in [1.54, 1.807) is 24.6 Å². The monoisotopic (exact) mass is 408 g/mol. The van der Waals surface area contributed by atoms with E-state index in [1.165, 1.54) is 24.3 Å². The van der Waals surface area contributed by atoms with Crippen molar-refractivity contribution in [1.82, 2.24) is 14.7 Å². The molecule has 0 bridgehead atoms. The van der Waals surface area contributed by atoms with Gasteiger partial charge in [0.05, 0.1) is 6.61 Å². The summed E-state index contributed by atoms with van der Waals surface area (Å²) in [4.78, 5) is 31.9. The molecule has 0 saturated heterocycles. The second-order valence-corrected chi connectivity index (χ2v) is 6.98. The first-order valence-corrected chi connectivity index (χ1v) is 9.72. The van der Waals surface area contributed by atoms with Gasteiger partial charge >= 0.3 is 22.3 Å². The molecule has 0 atom stereocenters. The molecular weight excluding hydrogens is 388 g/mol. The van der Waals surface area contributed by atoms with Crippen LogP contribution in [-0.2, 0) is 15.0 Å². The zero-order valence-corrected chi connectivity index (χ0v) is 16.4. The maximum atomic E-state index is 12.1. The van der Waals surface area contributed by atoms with Crippen molar-refractivity contribution in [3.05, 3.63) is 47.3 Å². The van der Waals surface area contributed by atoms with E-state index < -0.39 is 22.3 Å². The van der Waals surface area contributed by atoms with Gasteiger partial charge in [0, 0.05) is 11.4 Å². The van der Waals surface area contributed by atoms with Gasteiger partial charge in [0.25, 0.3) is 0 Å². The van der Waals surface area contributed by atoms with Gasteiger partial charge in [0.2, 0.25) is 5.95 Å². The number of carbonyl (C=O) groups excluding carboxylic acids is 2. The molecule has 11 heteroatoms. The number of carbonyl (C=O) groups is 2. The smallest absolute Gasteiger partial charge is 0.411 e. The lowest BCUT2D eigenvalue weighted by Gasteiger charge is -2.12. The number of urea groups is 1. The normalized spacial score (nSPS) is 10.8. The number of nitrogens with one attached hydrogen (secondary N) is 2. The van der Waals surface area contributed by atoms with Crippen molar-refractivity contribution < 1.29 is 26.9 Å². The van der Waals surface area contributed by atoms with Gasteiger partial charge < -0.3 is 8.92 Å². The topological polar surface area (TPSA) is 137 Å². The lowest BCUT2D eigenvalue weighted by molar-refractivity contribution is 0.0503. The average Bonchev–Trinajstić information content (AvgIpc) is 2.58. The van der Waals surface area contributed by atoms with Crippen LogP contribution in [0, 0.1) is 13.8 Å². The zero-order chi connectivity index (χ0) is 20.7. The fourth-order valence-corrected chi connectivity index (χ4v) is 2.84. The standard InChI is InChI=1S/C17H20N4O6S/c1-4-9-26-15(22)13-7-5-6-8-14(13)27-28(24,25)21-17(23)20-16-18-11(2)10-12(3)19-16/h5-8,10H,4,9H2,1-3H3,(H2,18,19,20,21,23). The molecule has 150 valence electrons. The van der Waals surface area contributed by atoms with E-state index in [9.17, 15) is 18.0 Å². The first-order chi connectivity index (χ1) is 13.2. The van der Waals surface area contributed by atoms with E-state index in [4.69, 9.17) is 8.92 Å². The number of amides is 2. The number of nitrogens with zero attached hydrogens (tertiary/aromatic N) is 2. The second kappa shape index (κ2) is 9.13. The molecule has 0 spiro atoms. The van der Waals surface area contributed by atoms with Crippen molar-refractivity contribution in [3.63, 3.8) is 0 Å². The Bertz CT molecular complexity index is 957. The Labute approximate surface area is 162 Å². The molecule has 2 aromatic rings. The highest BCUT2D eigenvalue weighted by molar-refractivity contribution is 7.85. The number of rotatable bonds is 7. The first-order valence-electron chi connectivity index (χ1n) is 8.32. The van der Waals surface area contributed by atoms with Crippen LogP contribution in [0.1, 0.15) is 35.1 Å². The highest BCUT2D eigenvalue weighted by Crippen LogP contribution is 2.20. The summed E-state index contributed by atoms with van der Waals surface area (Å²) in [5, 5.41) is 2.21. The number of aromatic nitrogens is 2. The minimum absolute atomic E-state index is 0.0613. The predicted molar refractivity (Wildman–Crippen MR) is 100 cm³/mol. The van der Waals surface area contributed by atoms with Crippen LogP contribution < -0.4 is 14.2 Å². The van der Waals surface area contributed by atoms with Crippen LogP contribution in [0.3, 0.4) is 0 Å². The van der Waals surface area contributed by atoms with Gasteiger partial charge in [-0.2, -0.15) is 8.42 Å². The molecule has 1 aromatic heterocycles. The van der Waals surface area contributed by atoms with Gasteiger partial charge in [-0.3, -0.25) is 5.32 Å². The molecule has 0 radical (unpaired) electrons. The summed E-state index contributed by atoms with van der Waals surface area (Å²) in [5.74, 6) is -1.07.